The van der Waals surface area contributed by atoms with E-state index in [9.17, 15) is 14.9 Å². The Hall–Kier alpha value is -2.89. The van der Waals surface area contributed by atoms with Gasteiger partial charge in [-0.25, -0.2) is 0 Å². The fraction of sp³-hybridized carbons (Fsp3) is 0.316. The van der Waals surface area contributed by atoms with Crippen LogP contribution in [0.25, 0.3) is 0 Å². The fourth-order valence-corrected chi connectivity index (χ4v) is 2.59. The van der Waals surface area contributed by atoms with Gasteiger partial charge in [0.05, 0.1) is 18.0 Å². The monoisotopic (exact) mass is 342 g/mol. The van der Waals surface area contributed by atoms with E-state index in [0.29, 0.717) is 18.7 Å². The lowest BCUT2D eigenvalue weighted by Crippen LogP contribution is -2.26. The van der Waals surface area contributed by atoms with Crippen molar-refractivity contribution in [3.63, 3.8) is 0 Å². The molecule has 0 spiro atoms. The predicted octanol–water partition coefficient (Wildman–Crippen LogP) is 3.29. The van der Waals surface area contributed by atoms with Crippen molar-refractivity contribution in [1.29, 1.82) is 0 Å². The van der Waals surface area contributed by atoms with E-state index in [1.165, 1.54) is 6.07 Å². The number of nitro groups is 1. The number of rotatable bonds is 9. The average molecular weight is 342 g/mol. The molecule has 6 nitrogen and oxygen atoms in total. The zero-order chi connectivity index (χ0) is 18.1. The number of hydrogen-bond acceptors (Lipinski definition) is 4. The molecule has 0 bridgehead atoms. The normalized spacial score (nSPS) is 10.3. The van der Waals surface area contributed by atoms with Crippen molar-refractivity contribution in [1.82, 2.24) is 5.32 Å². The summed E-state index contributed by atoms with van der Waals surface area (Å²) in [6, 6.07) is 14.2. The Balaban J connectivity index is 1.81. The third-order valence-electron chi connectivity index (χ3n) is 3.76. The van der Waals surface area contributed by atoms with E-state index in [2.05, 4.69) is 5.32 Å². The van der Waals surface area contributed by atoms with Crippen LogP contribution in [0.1, 0.15) is 24.5 Å². The number of ether oxygens (including phenoxy) is 1. The van der Waals surface area contributed by atoms with Gasteiger partial charge in [0.15, 0.2) is 0 Å². The van der Waals surface area contributed by atoms with Crippen LogP contribution < -0.4 is 10.1 Å². The minimum Gasteiger partial charge on any atom is -0.494 e. The van der Waals surface area contributed by atoms with Gasteiger partial charge in [-0.3, -0.25) is 14.9 Å². The molecule has 0 unspecified atom stereocenters. The molecule has 1 amide bonds. The van der Waals surface area contributed by atoms with Crippen molar-refractivity contribution < 1.29 is 14.5 Å². The number of carbonyl (C=O) groups excluding carboxylic acids is 1. The molecule has 0 saturated carbocycles. The van der Waals surface area contributed by atoms with Crippen molar-refractivity contribution in [2.75, 3.05) is 13.2 Å². The lowest BCUT2D eigenvalue weighted by molar-refractivity contribution is -0.385. The van der Waals surface area contributed by atoms with Gasteiger partial charge in [-0.15, -0.1) is 0 Å². The molecule has 2 aromatic carbocycles. The first-order valence-corrected chi connectivity index (χ1v) is 8.31. The number of carbonyl (C=O) groups is 1. The van der Waals surface area contributed by atoms with Crippen molar-refractivity contribution in [2.24, 2.45) is 0 Å². The van der Waals surface area contributed by atoms with Gasteiger partial charge in [0.25, 0.3) is 5.69 Å². The molecular weight excluding hydrogens is 320 g/mol. The molecule has 1 N–H and O–H groups in total. The average Bonchev–Trinajstić information content (AvgIpc) is 2.60. The summed E-state index contributed by atoms with van der Waals surface area (Å²) in [7, 11) is 0. The van der Waals surface area contributed by atoms with Crippen molar-refractivity contribution in [3.8, 4) is 5.75 Å². The third-order valence-corrected chi connectivity index (χ3v) is 3.76. The van der Waals surface area contributed by atoms with Crippen LogP contribution >= 0.6 is 0 Å². The molecular formula is C19H22N2O4. The van der Waals surface area contributed by atoms with Gasteiger partial charge in [-0.2, -0.15) is 0 Å². The predicted molar refractivity (Wildman–Crippen MR) is 95.7 cm³/mol. The summed E-state index contributed by atoms with van der Waals surface area (Å²) in [5.41, 5.74) is 1.51. The molecule has 6 heteroatoms. The van der Waals surface area contributed by atoms with Gasteiger partial charge in [-0.05, 0) is 31.4 Å². The number of nitrogens with zero attached hydrogens (tertiary/aromatic N) is 1. The molecule has 0 aliphatic carbocycles. The van der Waals surface area contributed by atoms with E-state index >= 15 is 0 Å². The maximum absolute atomic E-state index is 12.0. The lowest BCUT2D eigenvalue weighted by atomic mass is 10.1. The summed E-state index contributed by atoms with van der Waals surface area (Å²) in [4.78, 5) is 22.5. The zero-order valence-electron chi connectivity index (χ0n) is 14.2. The number of hydrogen-bond donors (Lipinski definition) is 1. The highest BCUT2D eigenvalue weighted by Gasteiger charge is 2.15. The minimum absolute atomic E-state index is 0.00663. The van der Waals surface area contributed by atoms with Crippen molar-refractivity contribution in [2.45, 2.75) is 26.2 Å². The molecule has 0 atom stereocenters. The first kappa shape index (κ1) is 18.4. The summed E-state index contributed by atoms with van der Waals surface area (Å²) >= 11 is 0. The molecule has 0 aromatic heterocycles. The standard InChI is InChI=1S/C19H22N2O4/c1-2-25-18-12-6-4-8-15(18)10-7-13-20-19(22)14-16-9-3-5-11-17(16)21(23)24/h3-6,8-9,11-12H,2,7,10,13-14H2,1H3,(H,20,22). The largest absolute Gasteiger partial charge is 0.494 e. The summed E-state index contributed by atoms with van der Waals surface area (Å²) in [5, 5.41) is 13.8. The molecule has 0 fully saturated rings. The van der Waals surface area contributed by atoms with Crippen molar-refractivity contribution in [3.05, 3.63) is 69.8 Å². The van der Waals surface area contributed by atoms with Crippen molar-refractivity contribution >= 4 is 11.6 Å². The Labute approximate surface area is 147 Å². The van der Waals surface area contributed by atoms with Crippen LogP contribution in [-0.2, 0) is 17.6 Å². The highest BCUT2D eigenvalue weighted by Crippen LogP contribution is 2.20. The summed E-state index contributed by atoms with van der Waals surface area (Å²) in [6.45, 7) is 3.07. The van der Waals surface area contributed by atoms with E-state index in [4.69, 9.17) is 4.74 Å². The number of para-hydroxylation sites is 2. The SMILES string of the molecule is CCOc1ccccc1CCCNC(=O)Cc1ccccc1[N+](=O)[O-]. The number of aryl methyl sites for hydroxylation is 1. The van der Waals surface area contributed by atoms with E-state index in [-0.39, 0.29) is 18.0 Å². The second kappa shape index (κ2) is 9.42. The Morgan fingerprint density at radius 1 is 1.12 bits per heavy atom. The molecule has 2 aromatic rings. The van der Waals surface area contributed by atoms with Gasteiger partial charge < -0.3 is 10.1 Å². The highest BCUT2D eigenvalue weighted by atomic mass is 16.6. The first-order valence-electron chi connectivity index (χ1n) is 8.31. The molecule has 0 heterocycles. The van der Waals surface area contributed by atoms with Crippen LogP contribution in [0.2, 0.25) is 0 Å². The first-order chi connectivity index (χ1) is 12.1. The Kier molecular flexibility index (Phi) is 6.95. The Morgan fingerprint density at radius 2 is 1.80 bits per heavy atom. The van der Waals surface area contributed by atoms with Gasteiger partial charge in [0.2, 0.25) is 5.91 Å². The Morgan fingerprint density at radius 3 is 2.52 bits per heavy atom. The second-order valence-electron chi connectivity index (χ2n) is 5.56. The smallest absolute Gasteiger partial charge is 0.273 e. The quantitative estimate of drug-likeness (QED) is 0.431. The molecule has 132 valence electrons. The maximum atomic E-state index is 12.0. The van der Waals surface area contributed by atoms with E-state index in [1.54, 1.807) is 18.2 Å². The number of benzene rings is 2. The van der Waals surface area contributed by atoms with E-state index in [0.717, 1.165) is 24.2 Å². The van der Waals surface area contributed by atoms with Gasteiger partial charge in [0.1, 0.15) is 5.75 Å². The summed E-state index contributed by atoms with van der Waals surface area (Å²) < 4.78 is 5.58. The molecule has 0 radical (unpaired) electrons. The zero-order valence-corrected chi connectivity index (χ0v) is 14.2. The number of nitro benzene ring substituents is 1. The second-order valence-corrected chi connectivity index (χ2v) is 5.56. The molecule has 0 aliphatic rings. The Bertz CT molecular complexity index is 731. The third kappa shape index (κ3) is 5.60. The van der Waals surface area contributed by atoms with Crippen LogP contribution in [0.4, 0.5) is 5.69 Å². The van der Waals surface area contributed by atoms with Crippen LogP contribution in [0.5, 0.6) is 5.75 Å². The van der Waals surface area contributed by atoms with Crippen LogP contribution in [0.3, 0.4) is 0 Å². The summed E-state index contributed by atoms with van der Waals surface area (Å²) in [6.07, 6.45) is 1.57. The molecule has 25 heavy (non-hydrogen) atoms. The van der Waals surface area contributed by atoms with Crippen LogP contribution in [0, 0.1) is 10.1 Å². The summed E-state index contributed by atoms with van der Waals surface area (Å²) in [5.74, 6) is 0.656. The van der Waals surface area contributed by atoms with Gasteiger partial charge >= 0.3 is 0 Å². The van der Waals surface area contributed by atoms with Crippen LogP contribution in [0.15, 0.2) is 48.5 Å². The number of amides is 1. The van der Waals surface area contributed by atoms with E-state index in [1.807, 2.05) is 31.2 Å². The van der Waals surface area contributed by atoms with Gasteiger partial charge in [-0.1, -0.05) is 36.4 Å². The molecule has 2 rings (SSSR count). The van der Waals surface area contributed by atoms with Crippen LogP contribution in [-0.4, -0.2) is 24.0 Å². The molecule has 0 aliphatic heterocycles. The lowest BCUT2D eigenvalue weighted by Gasteiger charge is -2.10. The molecule has 0 saturated heterocycles. The fourth-order valence-electron chi connectivity index (χ4n) is 2.59. The minimum atomic E-state index is -0.465. The van der Waals surface area contributed by atoms with E-state index < -0.39 is 4.92 Å². The van der Waals surface area contributed by atoms with Gasteiger partial charge in [0, 0.05) is 18.2 Å². The maximum Gasteiger partial charge on any atom is 0.273 e. The number of nitrogens with one attached hydrogen (secondary N) is 1. The highest BCUT2D eigenvalue weighted by molar-refractivity contribution is 5.79. The topological polar surface area (TPSA) is 81.5 Å².